The molecule has 0 saturated carbocycles. The Kier molecular flexibility index (Phi) is 5.58. The topological polar surface area (TPSA) is 0 Å². The molecule has 0 nitrogen and oxygen atoms in total. The van der Waals surface area contributed by atoms with E-state index >= 15 is 0 Å². The highest BCUT2D eigenvalue weighted by Crippen LogP contribution is 2.15. The Morgan fingerprint density at radius 1 is 0.375 bits per heavy atom. The molecule has 0 aliphatic rings. The van der Waals surface area contributed by atoms with E-state index in [-0.39, 0.29) is 0 Å². The van der Waals surface area contributed by atoms with Crippen LogP contribution in [0.3, 0.4) is 0 Å². The summed E-state index contributed by atoms with van der Waals surface area (Å²) in [6.07, 6.45) is 12.7. The summed E-state index contributed by atoms with van der Waals surface area (Å²) in [6, 6.07) is 29.1. The Bertz CT molecular complexity index is 837. The first-order valence-electron chi connectivity index (χ1n) is 8.14. The van der Waals surface area contributed by atoms with E-state index in [0.717, 1.165) is 0 Å². The molecule has 0 aromatic heterocycles. The highest BCUT2D eigenvalue weighted by atomic mass is 14.0. The minimum absolute atomic E-state index is 1.21. The molecule has 0 amide bonds. The Morgan fingerprint density at radius 3 is 1.46 bits per heavy atom. The van der Waals surface area contributed by atoms with Gasteiger partial charge in [0.1, 0.15) is 0 Å². The van der Waals surface area contributed by atoms with E-state index in [1.807, 2.05) is 24.3 Å². The Labute approximate surface area is 144 Å². The summed E-state index contributed by atoms with van der Waals surface area (Å²) in [5.41, 5.74) is 4.84. The standard InChI is InChI=1S/C24H20/c1-3-11-21(12-4-1)15-7-8-16-23-17-9-10-18-24(23)20-19-22-13-5-2-6-14-22/h1-20H/b15-7+,16-8+,20-19+. The van der Waals surface area contributed by atoms with Gasteiger partial charge in [0, 0.05) is 0 Å². The lowest BCUT2D eigenvalue weighted by molar-refractivity contribution is 1.61. The van der Waals surface area contributed by atoms with Crippen LogP contribution in [0, 0.1) is 0 Å². The van der Waals surface area contributed by atoms with Crippen molar-refractivity contribution >= 4 is 24.3 Å². The van der Waals surface area contributed by atoms with Gasteiger partial charge in [0.15, 0.2) is 0 Å². The van der Waals surface area contributed by atoms with Gasteiger partial charge >= 0.3 is 0 Å². The Morgan fingerprint density at radius 2 is 0.833 bits per heavy atom. The van der Waals surface area contributed by atoms with Crippen molar-refractivity contribution < 1.29 is 0 Å². The van der Waals surface area contributed by atoms with Crippen LogP contribution < -0.4 is 0 Å². The van der Waals surface area contributed by atoms with Crippen LogP contribution in [-0.4, -0.2) is 0 Å². The van der Waals surface area contributed by atoms with E-state index < -0.39 is 0 Å². The van der Waals surface area contributed by atoms with Gasteiger partial charge in [0.25, 0.3) is 0 Å². The fourth-order valence-corrected chi connectivity index (χ4v) is 2.45. The molecule has 0 spiro atoms. The van der Waals surface area contributed by atoms with Gasteiger partial charge in [0.05, 0.1) is 0 Å². The van der Waals surface area contributed by atoms with E-state index in [4.69, 9.17) is 0 Å². The van der Waals surface area contributed by atoms with Crippen molar-refractivity contribution in [3.05, 3.63) is 119 Å². The molecule has 0 radical (unpaired) electrons. The van der Waals surface area contributed by atoms with Crippen molar-refractivity contribution in [1.82, 2.24) is 0 Å². The molecule has 0 saturated heterocycles. The first-order chi connectivity index (χ1) is 11.9. The first kappa shape index (κ1) is 15.8. The molecule has 3 aromatic rings. The van der Waals surface area contributed by atoms with Crippen molar-refractivity contribution in [2.75, 3.05) is 0 Å². The highest BCUT2D eigenvalue weighted by molar-refractivity contribution is 5.75. The average Bonchev–Trinajstić information content (AvgIpc) is 2.66. The van der Waals surface area contributed by atoms with Gasteiger partial charge in [0.2, 0.25) is 0 Å². The SMILES string of the molecule is C(/C=C/c1ccccc1/C=C/c1ccccc1)=C\c1ccccc1. The molecule has 0 unspecified atom stereocenters. The third-order valence-electron chi connectivity index (χ3n) is 3.73. The van der Waals surface area contributed by atoms with E-state index in [2.05, 4.69) is 97.1 Å². The third kappa shape index (κ3) is 4.69. The van der Waals surface area contributed by atoms with Crippen molar-refractivity contribution in [3.8, 4) is 0 Å². The van der Waals surface area contributed by atoms with Gasteiger partial charge in [-0.3, -0.25) is 0 Å². The van der Waals surface area contributed by atoms with Gasteiger partial charge in [-0.2, -0.15) is 0 Å². The number of benzene rings is 3. The van der Waals surface area contributed by atoms with Gasteiger partial charge < -0.3 is 0 Å². The summed E-state index contributed by atoms with van der Waals surface area (Å²) >= 11 is 0. The zero-order valence-corrected chi connectivity index (χ0v) is 13.5. The molecular formula is C24H20. The lowest BCUT2D eigenvalue weighted by atomic mass is 10.1. The van der Waals surface area contributed by atoms with Crippen molar-refractivity contribution in [3.63, 3.8) is 0 Å². The average molecular weight is 308 g/mol. The first-order valence-corrected chi connectivity index (χ1v) is 8.14. The van der Waals surface area contributed by atoms with Crippen LogP contribution in [0.25, 0.3) is 24.3 Å². The molecule has 3 aromatic carbocycles. The fourth-order valence-electron chi connectivity index (χ4n) is 2.45. The van der Waals surface area contributed by atoms with Crippen LogP contribution in [-0.2, 0) is 0 Å². The molecule has 0 fully saturated rings. The molecule has 0 heteroatoms. The monoisotopic (exact) mass is 308 g/mol. The normalized spacial score (nSPS) is 11.7. The molecule has 0 aliphatic carbocycles. The summed E-state index contributed by atoms with van der Waals surface area (Å²) < 4.78 is 0. The number of hydrogen-bond donors (Lipinski definition) is 0. The predicted octanol–water partition coefficient (Wildman–Crippen LogP) is 6.58. The second kappa shape index (κ2) is 8.50. The maximum absolute atomic E-state index is 2.16. The van der Waals surface area contributed by atoms with E-state index in [1.54, 1.807) is 0 Å². The molecule has 116 valence electrons. The van der Waals surface area contributed by atoms with Gasteiger partial charge in [-0.25, -0.2) is 0 Å². The summed E-state index contributed by atoms with van der Waals surface area (Å²) in [7, 11) is 0. The molecule has 0 aliphatic heterocycles. The van der Waals surface area contributed by atoms with Crippen LogP contribution in [0.2, 0.25) is 0 Å². The van der Waals surface area contributed by atoms with Crippen LogP contribution >= 0.6 is 0 Å². The third-order valence-corrected chi connectivity index (χ3v) is 3.73. The van der Waals surface area contributed by atoms with Gasteiger partial charge in [-0.15, -0.1) is 0 Å². The number of rotatable bonds is 5. The zero-order valence-electron chi connectivity index (χ0n) is 13.5. The second-order valence-corrected chi connectivity index (χ2v) is 5.50. The molecule has 0 heterocycles. The molecule has 0 N–H and O–H groups in total. The highest BCUT2D eigenvalue weighted by Gasteiger charge is 1.93. The summed E-state index contributed by atoms with van der Waals surface area (Å²) in [4.78, 5) is 0. The molecule has 0 atom stereocenters. The number of hydrogen-bond acceptors (Lipinski definition) is 0. The van der Waals surface area contributed by atoms with Crippen molar-refractivity contribution in [2.24, 2.45) is 0 Å². The Balaban J connectivity index is 1.73. The molecule has 0 bridgehead atoms. The zero-order chi connectivity index (χ0) is 16.5. The van der Waals surface area contributed by atoms with E-state index in [0.29, 0.717) is 0 Å². The van der Waals surface area contributed by atoms with Crippen molar-refractivity contribution in [2.45, 2.75) is 0 Å². The maximum atomic E-state index is 2.16. The number of allylic oxidation sites excluding steroid dienone is 2. The molecule has 24 heavy (non-hydrogen) atoms. The quantitative estimate of drug-likeness (QED) is 0.369. The van der Waals surface area contributed by atoms with Crippen LogP contribution in [0.15, 0.2) is 97.1 Å². The predicted molar refractivity (Wildman–Crippen MR) is 106 cm³/mol. The summed E-state index contributed by atoms with van der Waals surface area (Å²) in [5, 5.41) is 0. The van der Waals surface area contributed by atoms with Gasteiger partial charge in [-0.05, 0) is 22.3 Å². The molecular weight excluding hydrogens is 288 g/mol. The van der Waals surface area contributed by atoms with Crippen LogP contribution in [0.4, 0.5) is 0 Å². The second-order valence-electron chi connectivity index (χ2n) is 5.50. The van der Waals surface area contributed by atoms with Gasteiger partial charge in [-0.1, -0.05) is 121 Å². The minimum Gasteiger partial charge on any atom is -0.0622 e. The summed E-state index contributed by atoms with van der Waals surface area (Å²) in [6.45, 7) is 0. The van der Waals surface area contributed by atoms with E-state index in [9.17, 15) is 0 Å². The minimum atomic E-state index is 1.21. The maximum Gasteiger partial charge on any atom is -0.0184 e. The summed E-state index contributed by atoms with van der Waals surface area (Å²) in [5.74, 6) is 0. The van der Waals surface area contributed by atoms with E-state index in [1.165, 1.54) is 22.3 Å². The fraction of sp³-hybridized carbons (Fsp3) is 0. The van der Waals surface area contributed by atoms with Crippen LogP contribution in [0.1, 0.15) is 22.3 Å². The molecule has 3 rings (SSSR count). The Hall–Kier alpha value is -3.12. The lowest BCUT2D eigenvalue weighted by Gasteiger charge is -2.00. The van der Waals surface area contributed by atoms with Crippen molar-refractivity contribution in [1.29, 1.82) is 0 Å². The lowest BCUT2D eigenvalue weighted by Crippen LogP contribution is -1.79. The smallest absolute Gasteiger partial charge is 0.0184 e. The largest absolute Gasteiger partial charge is 0.0622 e. The van der Waals surface area contributed by atoms with Crippen LogP contribution in [0.5, 0.6) is 0 Å².